The minimum atomic E-state index is -3.70. The minimum absolute atomic E-state index is 0.0702. The number of nitrogens with zero attached hydrogens (tertiary/aromatic N) is 2. The van der Waals surface area contributed by atoms with Crippen molar-refractivity contribution >= 4 is 21.6 Å². The Morgan fingerprint density at radius 3 is 2.23 bits per heavy atom. The summed E-state index contributed by atoms with van der Waals surface area (Å²) in [5.74, 6) is 0.697. The number of nitrogens with two attached hydrogens (primary N) is 1. The first kappa shape index (κ1) is 14.8. The van der Waals surface area contributed by atoms with Crippen LogP contribution in [0.15, 0.2) is 65.8 Å². The molecule has 5 nitrogen and oxygen atoms in total. The quantitative estimate of drug-likeness (QED) is 0.800. The molecule has 0 saturated heterocycles. The van der Waals surface area contributed by atoms with Gasteiger partial charge in [-0.3, -0.25) is 4.57 Å². The number of primary sulfonamides is 1. The minimum Gasteiger partial charge on any atom is -0.300 e. The molecule has 112 valence electrons. The van der Waals surface area contributed by atoms with Gasteiger partial charge in [-0.25, -0.2) is 18.5 Å². The highest BCUT2D eigenvalue weighted by atomic mass is 35.5. The lowest BCUT2D eigenvalue weighted by Crippen LogP contribution is -2.11. The molecule has 0 spiro atoms. The highest BCUT2D eigenvalue weighted by Gasteiger charge is 2.11. The van der Waals surface area contributed by atoms with Crippen LogP contribution >= 0.6 is 11.6 Å². The van der Waals surface area contributed by atoms with Crippen molar-refractivity contribution in [1.82, 2.24) is 9.55 Å². The van der Waals surface area contributed by atoms with Crippen molar-refractivity contribution in [3.63, 3.8) is 0 Å². The maximum atomic E-state index is 11.3. The standard InChI is InChI=1S/C15H12ClN3O2S/c16-12-3-5-13(6-4-12)19-10-9-18-15(19)11-1-7-14(8-2-11)22(17,20)21/h1-10H,(H2,17,20,21). The number of imidazole rings is 1. The van der Waals surface area contributed by atoms with Gasteiger partial charge in [0.25, 0.3) is 0 Å². The molecular weight excluding hydrogens is 322 g/mol. The number of benzene rings is 2. The summed E-state index contributed by atoms with van der Waals surface area (Å²) in [5.41, 5.74) is 1.69. The summed E-state index contributed by atoms with van der Waals surface area (Å²) in [7, 11) is -3.70. The Labute approximate surface area is 133 Å². The lowest BCUT2D eigenvalue weighted by molar-refractivity contribution is 0.598. The van der Waals surface area contributed by atoms with Crippen molar-refractivity contribution in [2.75, 3.05) is 0 Å². The third-order valence-electron chi connectivity index (χ3n) is 3.19. The third-order valence-corrected chi connectivity index (χ3v) is 4.37. The van der Waals surface area contributed by atoms with Gasteiger partial charge in [0.15, 0.2) is 0 Å². The Morgan fingerprint density at radius 2 is 1.64 bits per heavy atom. The topological polar surface area (TPSA) is 78.0 Å². The predicted molar refractivity (Wildman–Crippen MR) is 85.4 cm³/mol. The zero-order valence-electron chi connectivity index (χ0n) is 11.3. The van der Waals surface area contributed by atoms with Crippen molar-refractivity contribution in [2.45, 2.75) is 4.90 Å². The number of hydrogen-bond donors (Lipinski definition) is 1. The predicted octanol–water partition coefficient (Wildman–Crippen LogP) is 2.84. The second-order valence-corrected chi connectivity index (χ2v) is 6.66. The van der Waals surface area contributed by atoms with Gasteiger partial charge in [-0.05, 0) is 48.5 Å². The molecule has 1 heterocycles. The zero-order valence-corrected chi connectivity index (χ0v) is 12.9. The van der Waals surface area contributed by atoms with Gasteiger partial charge >= 0.3 is 0 Å². The zero-order chi connectivity index (χ0) is 15.7. The van der Waals surface area contributed by atoms with Crippen molar-refractivity contribution in [2.24, 2.45) is 5.14 Å². The number of aromatic nitrogens is 2. The van der Waals surface area contributed by atoms with Crippen molar-refractivity contribution in [3.05, 3.63) is 65.9 Å². The van der Waals surface area contributed by atoms with E-state index < -0.39 is 10.0 Å². The molecule has 0 atom stereocenters. The van der Waals surface area contributed by atoms with Crippen molar-refractivity contribution in [3.8, 4) is 17.1 Å². The molecule has 0 bridgehead atoms. The fraction of sp³-hybridized carbons (Fsp3) is 0. The Hall–Kier alpha value is -2.15. The second kappa shape index (κ2) is 5.57. The largest absolute Gasteiger partial charge is 0.300 e. The smallest absolute Gasteiger partial charge is 0.238 e. The van der Waals surface area contributed by atoms with Gasteiger partial charge in [0.1, 0.15) is 5.82 Å². The molecule has 0 amide bonds. The lowest BCUT2D eigenvalue weighted by atomic mass is 10.2. The van der Waals surface area contributed by atoms with E-state index in [0.29, 0.717) is 10.8 Å². The molecule has 0 saturated carbocycles. The molecule has 7 heteroatoms. The van der Waals surface area contributed by atoms with Gasteiger partial charge in [-0.15, -0.1) is 0 Å². The van der Waals surface area contributed by atoms with Gasteiger partial charge < -0.3 is 0 Å². The van der Waals surface area contributed by atoms with Crippen molar-refractivity contribution in [1.29, 1.82) is 0 Å². The average molecular weight is 334 g/mol. The first-order valence-electron chi connectivity index (χ1n) is 6.38. The maximum Gasteiger partial charge on any atom is 0.238 e. The van der Waals surface area contributed by atoms with Crippen LogP contribution in [0, 0.1) is 0 Å². The molecule has 0 unspecified atom stereocenters. The molecule has 0 radical (unpaired) electrons. The molecule has 3 aromatic rings. The van der Waals surface area contributed by atoms with Gasteiger partial charge in [-0.2, -0.15) is 0 Å². The highest BCUT2D eigenvalue weighted by molar-refractivity contribution is 7.89. The Kier molecular flexibility index (Phi) is 3.74. The summed E-state index contributed by atoms with van der Waals surface area (Å²) in [5, 5.41) is 5.76. The normalized spacial score (nSPS) is 11.5. The molecule has 0 fully saturated rings. The fourth-order valence-electron chi connectivity index (χ4n) is 2.12. The average Bonchev–Trinajstić information content (AvgIpc) is 2.97. The SMILES string of the molecule is NS(=O)(=O)c1ccc(-c2nccn2-c2ccc(Cl)cc2)cc1. The number of sulfonamides is 1. The maximum absolute atomic E-state index is 11.3. The summed E-state index contributed by atoms with van der Waals surface area (Å²) in [6.45, 7) is 0. The van der Waals surface area contributed by atoms with E-state index in [9.17, 15) is 8.42 Å². The summed E-state index contributed by atoms with van der Waals surface area (Å²) in [6.07, 6.45) is 3.50. The molecule has 3 rings (SSSR count). The third kappa shape index (κ3) is 2.89. The van der Waals surface area contributed by atoms with Crippen LogP contribution in [0.2, 0.25) is 5.02 Å². The Morgan fingerprint density at radius 1 is 1.00 bits per heavy atom. The van der Waals surface area contributed by atoms with Gasteiger partial charge in [0, 0.05) is 28.7 Å². The van der Waals surface area contributed by atoms with E-state index in [1.807, 2.05) is 22.9 Å². The van der Waals surface area contributed by atoms with Crippen LogP contribution in [0.25, 0.3) is 17.1 Å². The summed E-state index contributed by atoms with van der Waals surface area (Å²) in [6, 6.07) is 13.6. The van der Waals surface area contributed by atoms with E-state index in [0.717, 1.165) is 11.3 Å². The van der Waals surface area contributed by atoms with Gasteiger partial charge in [-0.1, -0.05) is 11.6 Å². The number of rotatable bonds is 3. The first-order valence-corrected chi connectivity index (χ1v) is 8.30. The van der Waals surface area contributed by atoms with Crippen LogP contribution in [0.4, 0.5) is 0 Å². The molecule has 0 aliphatic rings. The van der Waals surface area contributed by atoms with E-state index in [1.54, 1.807) is 30.5 Å². The van der Waals surface area contributed by atoms with E-state index >= 15 is 0 Å². The summed E-state index contributed by atoms with van der Waals surface area (Å²) in [4.78, 5) is 4.40. The second-order valence-electron chi connectivity index (χ2n) is 4.67. The summed E-state index contributed by atoms with van der Waals surface area (Å²) >= 11 is 5.90. The Balaban J connectivity index is 2.03. The number of hydrogen-bond acceptors (Lipinski definition) is 3. The van der Waals surface area contributed by atoms with E-state index in [-0.39, 0.29) is 4.90 Å². The molecular formula is C15H12ClN3O2S. The molecule has 0 aliphatic carbocycles. The molecule has 0 aliphatic heterocycles. The first-order chi connectivity index (χ1) is 10.4. The monoisotopic (exact) mass is 333 g/mol. The molecule has 22 heavy (non-hydrogen) atoms. The fourth-order valence-corrected chi connectivity index (χ4v) is 2.76. The van der Waals surface area contributed by atoms with Crippen LogP contribution in [0.1, 0.15) is 0 Å². The summed E-state index contributed by atoms with van der Waals surface area (Å²) < 4.78 is 24.5. The highest BCUT2D eigenvalue weighted by Crippen LogP contribution is 2.23. The van der Waals surface area contributed by atoms with Gasteiger partial charge in [0.05, 0.1) is 4.90 Å². The van der Waals surface area contributed by atoms with E-state index in [1.165, 1.54) is 12.1 Å². The molecule has 2 N–H and O–H groups in total. The molecule has 1 aromatic heterocycles. The van der Waals surface area contributed by atoms with E-state index in [4.69, 9.17) is 16.7 Å². The molecule has 2 aromatic carbocycles. The Bertz CT molecular complexity index is 901. The van der Waals surface area contributed by atoms with Crippen molar-refractivity contribution < 1.29 is 8.42 Å². The van der Waals surface area contributed by atoms with Crippen LogP contribution in [0.3, 0.4) is 0 Å². The van der Waals surface area contributed by atoms with Crippen LogP contribution in [-0.4, -0.2) is 18.0 Å². The van der Waals surface area contributed by atoms with Crippen LogP contribution < -0.4 is 5.14 Å². The van der Waals surface area contributed by atoms with E-state index in [2.05, 4.69) is 4.98 Å². The lowest BCUT2D eigenvalue weighted by Gasteiger charge is -2.08. The van der Waals surface area contributed by atoms with Crippen LogP contribution in [-0.2, 0) is 10.0 Å². The number of halogens is 1. The van der Waals surface area contributed by atoms with Gasteiger partial charge in [0.2, 0.25) is 10.0 Å². The van der Waals surface area contributed by atoms with Crippen LogP contribution in [0.5, 0.6) is 0 Å².